The third kappa shape index (κ3) is 2.59. The second kappa shape index (κ2) is 6.07. The minimum Gasteiger partial charge on any atom is -0.381 e. The van der Waals surface area contributed by atoms with Gasteiger partial charge in [0.15, 0.2) is 0 Å². The first kappa shape index (κ1) is 15.3. The number of pyridine rings is 1. The van der Waals surface area contributed by atoms with E-state index in [4.69, 9.17) is 4.74 Å². The van der Waals surface area contributed by atoms with Crippen LogP contribution < -0.4 is 5.32 Å². The zero-order valence-electron chi connectivity index (χ0n) is 14.5. The Morgan fingerprint density at radius 3 is 2.96 bits per heavy atom. The highest BCUT2D eigenvalue weighted by atomic mass is 16.5. The van der Waals surface area contributed by atoms with E-state index >= 15 is 0 Å². The summed E-state index contributed by atoms with van der Waals surface area (Å²) in [6, 6.07) is 12.8. The molecule has 1 aromatic carbocycles. The molecule has 130 valence electrons. The molecule has 0 radical (unpaired) electrons. The van der Waals surface area contributed by atoms with Gasteiger partial charge in [0.1, 0.15) is 0 Å². The van der Waals surface area contributed by atoms with Crippen LogP contribution in [0.1, 0.15) is 12.8 Å². The van der Waals surface area contributed by atoms with E-state index in [1.807, 2.05) is 35.2 Å². The Morgan fingerprint density at radius 2 is 2.08 bits per heavy atom. The average Bonchev–Trinajstić information content (AvgIpc) is 3.07. The maximum Gasteiger partial charge on any atom is 0.241 e. The number of benzene rings is 1. The van der Waals surface area contributed by atoms with Crippen LogP contribution in [0.4, 0.5) is 5.95 Å². The topological polar surface area (TPSA) is 64.3 Å². The van der Waals surface area contributed by atoms with E-state index in [-0.39, 0.29) is 0 Å². The third-order valence-electron chi connectivity index (χ3n) is 5.09. The molecule has 0 bridgehead atoms. The quantitative estimate of drug-likeness (QED) is 0.613. The van der Waals surface area contributed by atoms with Gasteiger partial charge >= 0.3 is 0 Å². The molecule has 6 nitrogen and oxygen atoms in total. The first-order valence-electron chi connectivity index (χ1n) is 8.79. The van der Waals surface area contributed by atoms with E-state index in [2.05, 4.69) is 44.6 Å². The Labute approximate surface area is 150 Å². The van der Waals surface area contributed by atoms with Crippen molar-refractivity contribution in [3.8, 4) is 11.1 Å². The number of fused-ring (bicyclic) bond motifs is 2. The largest absolute Gasteiger partial charge is 0.381 e. The van der Waals surface area contributed by atoms with Crippen molar-refractivity contribution < 1.29 is 4.74 Å². The van der Waals surface area contributed by atoms with Gasteiger partial charge < -0.3 is 10.1 Å². The van der Waals surface area contributed by atoms with Crippen molar-refractivity contribution in [2.75, 3.05) is 12.4 Å². The van der Waals surface area contributed by atoms with Gasteiger partial charge in [0.05, 0.1) is 23.3 Å². The fraction of sp³-hybridized carbons (Fsp3) is 0.250. The molecule has 1 saturated carbocycles. The number of anilines is 1. The molecule has 3 aromatic heterocycles. The molecule has 26 heavy (non-hydrogen) atoms. The van der Waals surface area contributed by atoms with Gasteiger partial charge in [0.2, 0.25) is 5.95 Å². The van der Waals surface area contributed by atoms with Gasteiger partial charge in [-0.3, -0.25) is 4.98 Å². The lowest BCUT2D eigenvalue weighted by atomic mass is 9.89. The Morgan fingerprint density at radius 1 is 1.15 bits per heavy atom. The lowest BCUT2D eigenvalue weighted by molar-refractivity contribution is 0.0326. The zero-order chi connectivity index (χ0) is 17.5. The summed E-state index contributed by atoms with van der Waals surface area (Å²) in [5.74, 6) is 0.655. The van der Waals surface area contributed by atoms with Crippen LogP contribution >= 0.6 is 0 Å². The molecular formula is C20H19N5O. The van der Waals surface area contributed by atoms with Gasteiger partial charge in [-0.15, -0.1) is 5.10 Å². The molecule has 0 amide bonds. The van der Waals surface area contributed by atoms with Gasteiger partial charge in [-0.25, -0.2) is 9.50 Å². The number of hydrogen-bond acceptors (Lipinski definition) is 5. The summed E-state index contributed by atoms with van der Waals surface area (Å²) in [6.45, 7) is 0. The van der Waals surface area contributed by atoms with E-state index in [1.165, 1.54) is 0 Å². The lowest BCUT2D eigenvalue weighted by Crippen LogP contribution is -2.40. The number of nitrogens with zero attached hydrogens (tertiary/aromatic N) is 4. The molecule has 6 heteroatoms. The predicted octanol–water partition coefficient (Wildman–Crippen LogP) is 3.53. The summed E-state index contributed by atoms with van der Waals surface area (Å²) in [5, 5.41) is 9.10. The SMILES string of the molecule is CO[C@H]1C[C@@H](Nc2ncc3c(-c4ccc5ncccc5c4)ccn3n2)C1. The first-order valence-corrected chi connectivity index (χ1v) is 8.79. The molecule has 5 rings (SSSR count). The molecule has 1 fully saturated rings. The van der Waals surface area contributed by atoms with E-state index < -0.39 is 0 Å². The zero-order valence-corrected chi connectivity index (χ0v) is 14.5. The molecule has 4 aromatic rings. The molecular weight excluding hydrogens is 326 g/mol. The maximum absolute atomic E-state index is 5.32. The normalized spacial score (nSPS) is 19.6. The van der Waals surface area contributed by atoms with E-state index in [0.717, 1.165) is 40.4 Å². The van der Waals surface area contributed by atoms with Gasteiger partial charge in [0, 0.05) is 36.5 Å². The van der Waals surface area contributed by atoms with Gasteiger partial charge in [-0.1, -0.05) is 12.1 Å². The molecule has 1 aliphatic carbocycles. The standard InChI is InChI=1S/C20H19N5O/c1-26-16-10-15(11-16)23-20-22-12-19-17(6-8-25(19)24-20)13-4-5-18-14(9-13)3-2-7-21-18/h2-9,12,15-16H,10-11H2,1H3,(H,23,24)/t15-,16+. The lowest BCUT2D eigenvalue weighted by Gasteiger charge is -2.34. The minimum atomic E-state index is 0.358. The van der Waals surface area contributed by atoms with Crippen molar-refractivity contribution in [1.82, 2.24) is 19.6 Å². The monoisotopic (exact) mass is 345 g/mol. The first-order chi connectivity index (χ1) is 12.8. The van der Waals surface area contributed by atoms with Crippen molar-refractivity contribution >= 4 is 22.4 Å². The van der Waals surface area contributed by atoms with Crippen LogP contribution in [-0.2, 0) is 4.74 Å². The van der Waals surface area contributed by atoms with Gasteiger partial charge in [0.25, 0.3) is 0 Å². The summed E-state index contributed by atoms with van der Waals surface area (Å²) in [5.41, 5.74) is 4.24. The molecule has 0 aliphatic heterocycles. The average molecular weight is 345 g/mol. The number of methoxy groups -OCH3 is 1. The van der Waals surface area contributed by atoms with Crippen molar-refractivity contribution in [3.05, 3.63) is 55.0 Å². The molecule has 0 unspecified atom stereocenters. The number of nitrogens with one attached hydrogen (secondary N) is 1. The summed E-state index contributed by atoms with van der Waals surface area (Å²) in [6.07, 6.45) is 8.03. The Kier molecular flexibility index (Phi) is 3.57. The van der Waals surface area contributed by atoms with E-state index in [1.54, 1.807) is 7.11 Å². The molecule has 0 atom stereocenters. The van der Waals surface area contributed by atoms with Crippen LogP contribution in [0, 0.1) is 0 Å². The van der Waals surface area contributed by atoms with Crippen molar-refractivity contribution in [3.63, 3.8) is 0 Å². The second-order valence-electron chi connectivity index (χ2n) is 6.72. The number of aromatic nitrogens is 4. The van der Waals surface area contributed by atoms with Crippen molar-refractivity contribution in [2.24, 2.45) is 0 Å². The predicted molar refractivity (Wildman–Crippen MR) is 101 cm³/mol. The number of ether oxygens (including phenoxy) is 1. The fourth-order valence-corrected chi connectivity index (χ4v) is 3.51. The second-order valence-corrected chi connectivity index (χ2v) is 6.72. The summed E-state index contributed by atoms with van der Waals surface area (Å²) in [4.78, 5) is 8.89. The highest BCUT2D eigenvalue weighted by Gasteiger charge is 2.29. The van der Waals surface area contributed by atoms with Crippen LogP contribution in [0.15, 0.2) is 55.0 Å². The summed E-state index contributed by atoms with van der Waals surface area (Å²) in [7, 11) is 1.76. The Bertz CT molecular complexity index is 1080. The van der Waals surface area contributed by atoms with Crippen LogP contribution in [-0.4, -0.2) is 38.8 Å². The summed E-state index contributed by atoms with van der Waals surface area (Å²) >= 11 is 0. The maximum atomic E-state index is 5.32. The molecule has 0 spiro atoms. The molecule has 0 saturated heterocycles. The molecule has 1 N–H and O–H groups in total. The smallest absolute Gasteiger partial charge is 0.241 e. The van der Waals surface area contributed by atoms with Crippen molar-refractivity contribution in [2.45, 2.75) is 25.0 Å². The third-order valence-corrected chi connectivity index (χ3v) is 5.09. The molecule has 3 heterocycles. The number of rotatable bonds is 4. The minimum absolute atomic E-state index is 0.358. The molecule has 1 aliphatic rings. The van der Waals surface area contributed by atoms with Crippen LogP contribution in [0.25, 0.3) is 27.5 Å². The van der Waals surface area contributed by atoms with Gasteiger partial charge in [-0.05, 0) is 42.7 Å². The van der Waals surface area contributed by atoms with Crippen molar-refractivity contribution in [1.29, 1.82) is 0 Å². The van der Waals surface area contributed by atoms with Crippen LogP contribution in [0.2, 0.25) is 0 Å². The highest BCUT2D eigenvalue weighted by Crippen LogP contribution is 2.29. The van der Waals surface area contributed by atoms with E-state index in [9.17, 15) is 0 Å². The summed E-state index contributed by atoms with van der Waals surface area (Å²) < 4.78 is 7.20. The Hall–Kier alpha value is -2.99. The van der Waals surface area contributed by atoms with E-state index in [0.29, 0.717) is 18.1 Å². The van der Waals surface area contributed by atoms with Crippen LogP contribution in [0.5, 0.6) is 0 Å². The number of hydrogen-bond donors (Lipinski definition) is 1. The fourth-order valence-electron chi connectivity index (χ4n) is 3.51. The van der Waals surface area contributed by atoms with Gasteiger partial charge in [-0.2, -0.15) is 0 Å². The Balaban J connectivity index is 1.45. The van der Waals surface area contributed by atoms with Crippen LogP contribution in [0.3, 0.4) is 0 Å². The highest BCUT2D eigenvalue weighted by molar-refractivity contribution is 5.88.